The van der Waals surface area contributed by atoms with Gasteiger partial charge >= 0.3 is 0 Å². The van der Waals surface area contributed by atoms with E-state index >= 15 is 0 Å². The highest BCUT2D eigenvalue weighted by Crippen LogP contribution is 2.44. The average Bonchev–Trinajstić information content (AvgIpc) is 3.84. The van der Waals surface area contributed by atoms with Crippen molar-refractivity contribution >= 4 is 73.0 Å². The fourth-order valence-electron chi connectivity index (χ4n) is 9.98. The van der Waals surface area contributed by atoms with Gasteiger partial charge in [-0.15, -0.1) is 0 Å². The molecule has 0 bridgehead atoms. The lowest BCUT2D eigenvalue weighted by Gasteiger charge is -2.26. The smallest absolute Gasteiger partial charge is 0.198 e. The Labute approximate surface area is 435 Å². The van der Waals surface area contributed by atoms with Gasteiger partial charge in [0.1, 0.15) is 5.82 Å². The summed E-state index contributed by atoms with van der Waals surface area (Å²) in [6.07, 6.45) is 0. The molecule has 0 unspecified atom stereocenters. The van der Waals surface area contributed by atoms with E-state index in [2.05, 4.69) is 187 Å². The number of fused-ring (bicyclic) bond motifs is 3. The fraction of sp³-hybridized carbons (Fsp3) is 0. The SMILES string of the molecule is [C-]#[N+]c1cc(-c2cc(-c3ccccc3[N+]#[C-])nc(-c3ccccc3[N+]#[C-])n2)ccc1-c1ccc(-n2c3ccc(N(c4ccccc4)c4ccccc4)cc3c3cc(N(c4ccccc4)c4ccccc4)ccc32)cc1. The van der Waals surface area contributed by atoms with E-state index in [9.17, 15) is 0 Å². The van der Waals surface area contributed by atoms with Gasteiger partial charge in [0, 0.05) is 61.7 Å². The summed E-state index contributed by atoms with van der Waals surface area (Å²) in [5.41, 5.74) is 15.5. The molecule has 0 fully saturated rings. The zero-order valence-corrected chi connectivity index (χ0v) is 40.3. The van der Waals surface area contributed by atoms with Crippen LogP contribution in [0.25, 0.3) is 87.1 Å². The maximum Gasteiger partial charge on any atom is 0.198 e. The first-order valence-electron chi connectivity index (χ1n) is 24.4. The number of benzene rings is 10. The predicted octanol–water partition coefficient (Wildman–Crippen LogP) is 18.8. The number of anilines is 6. The van der Waals surface area contributed by atoms with Gasteiger partial charge in [-0.05, 0) is 126 Å². The Balaban J connectivity index is 0.977. The topological polar surface area (TPSA) is 50.3 Å². The number of aromatic nitrogens is 3. The van der Waals surface area contributed by atoms with Gasteiger partial charge in [-0.25, -0.2) is 24.5 Å². The van der Waals surface area contributed by atoms with Gasteiger partial charge in [0.15, 0.2) is 17.1 Å². The molecule has 0 N–H and O–H groups in total. The van der Waals surface area contributed by atoms with E-state index in [1.54, 1.807) is 12.1 Å². The summed E-state index contributed by atoms with van der Waals surface area (Å²) >= 11 is 0. The molecule has 2 aromatic heterocycles. The Bertz CT molecular complexity index is 3910. The molecule has 12 aromatic rings. The van der Waals surface area contributed by atoms with E-state index in [0.29, 0.717) is 51.0 Å². The number of nitrogens with zero attached hydrogens (tertiary/aromatic N) is 8. The second-order valence-electron chi connectivity index (χ2n) is 17.9. The first-order valence-corrected chi connectivity index (χ1v) is 24.4. The fourth-order valence-corrected chi connectivity index (χ4v) is 9.98. The Hall–Kier alpha value is -10.9. The minimum Gasteiger partial charge on any atom is -0.310 e. The molecule has 350 valence electrons. The van der Waals surface area contributed by atoms with Crippen LogP contribution in [-0.2, 0) is 0 Å². The molecule has 0 aliphatic rings. The highest BCUT2D eigenvalue weighted by molar-refractivity contribution is 6.12. The monoisotopic (exact) mass is 958 g/mol. The summed E-state index contributed by atoms with van der Waals surface area (Å²) in [7, 11) is 0. The van der Waals surface area contributed by atoms with Gasteiger partial charge in [0.25, 0.3) is 0 Å². The van der Waals surface area contributed by atoms with Gasteiger partial charge in [0.05, 0.1) is 42.1 Å². The van der Waals surface area contributed by atoms with Crippen molar-refractivity contribution in [3.8, 4) is 50.7 Å². The Morgan fingerprint density at radius 2 is 0.747 bits per heavy atom. The van der Waals surface area contributed by atoms with Crippen LogP contribution < -0.4 is 9.80 Å². The molecule has 0 aliphatic heterocycles. The molecule has 0 aliphatic carbocycles. The maximum atomic E-state index is 8.42. The summed E-state index contributed by atoms with van der Waals surface area (Å²) in [5.74, 6) is 0.366. The lowest BCUT2D eigenvalue weighted by molar-refractivity contribution is 1.18. The first-order chi connectivity index (χ1) is 37.1. The third-order valence-electron chi connectivity index (χ3n) is 13.4. The number of rotatable bonds is 11. The van der Waals surface area contributed by atoms with Crippen LogP contribution in [-0.4, -0.2) is 14.5 Å². The minimum atomic E-state index is 0.366. The maximum absolute atomic E-state index is 8.42. The van der Waals surface area contributed by atoms with Crippen LogP contribution in [0.1, 0.15) is 0 Å². The van der Waals surface area contributed by atoms with Gasteiger partial charge in [0.2, 0.25) is 0 Å². The van der Waals surface area contributed by atoms with Crippen molar-refractivity contribution in [3.05, 3.63) is 289 Å². The van der Waals surface area contributed by atoms with Crippen LogP contribution in [0.3, 0.4) is 0 Å². The molecule has 8 nitrogen and oxygen atoms in total. The third kappa shape index (κ3) is 8.55. The molecular weight excluding hydrogens is 917 g/mol. The second kappa shape index (κ2) is 19.7. The lowest BCUT2D eigenvalue weighted by atomic mass is 9.99. The van der Waals surface area contributed by atoms with Gasteiger partial charge in [-0.3, -0.25) is 0 Å². The van der Waals surface area contributed by atoms with E-state index in [4.69, 9.17) is 29.7 Å². The standard InChI is InChI=1S/C67H42N8/c1-68-60-30-18-16-28-56(60)64-45-62(71-67(72-64)57-29-17-19-31-61(57)69-2)47-34-39-55(63(42-47)70-3)46-32-35-52(36-33-46)75-65-40-37-53(73(48-20-8-4-9-21-48)49-22-10-5-11-23-49)43-58(65)59-44-54(38-41-66(59)75)74(50-24-12-6-13-25-50)51-26-14-7-15-27-51/h4-45H. The molecule has 12 rings (SSSR count). The second-order valence-corrected chi connectivity index (χ2v) is 17.9. The van der Waals surface area contributed by atoms with E-state index < -0.39 is 0 Å². The zero-order chi connectivity index (χ0) is 50.7. The van der Waals surface area contributed by atoms with Crippen molar-refractivity contribution in [3.63, 3.8) is 0 Å². The van der Waals surface area contributed by atoms with E-state index in [-0.39, 0.29) is 0 Å². The highest BCUT2D eigenvalue weighted by atomic mass is 15.1. The van der Waals surface area contributed by atoms with Crippen LogP contribution in [0, 0.1) is 19.7 Å². The summed E-state index contributed by atoms with van der Waals surface area (Å²) in [6, 6.07) is 86.1. The predicted molar refractivity (Wildman–Crippen MR) is 306 cm³/mol. The number of hydrogen-bond acceptors (Lipinski definition) is 4. The highest BCUT2D eigenvalue weighted by Gasteiger charge is 2.21. The van der Waals surface area contributed by atoms with Crippen molar-refractivity contribution in [1.82, 2.24) is 14.5 Å². The van der Waals surface area contributed by atoms with Crippen molar-refractivity contribution < 1.29 is 0 Å². The number of para-hydroxylation sites is 6. The summed E-state index contributed by atoms with van der Waals surface area (Å²) in [5, 5.41) is 2.20. The zero-order valence-electron chi connectivity index (χ0n) is 40.3. The quantitative estimate of drug-likeness (QED) is 0.121. The first kappa shape index (κ1) is 45.3. The van der Waals surface area contributed by atoms with Crippen molar-refractivity contribution in [2.24, 2.45) is 0 Å². The molecule has 0 radical (unpaired) electrons. The van der Waals surface area contributed by atoms with Crippen molar-refractivity contribution in [2.75, 3.05) is 9.80 Å². The summed E-state index contributed by atoms with van der Waals surface area (Å²) < 4.78 is 2.33. The van der Waals surface area contributed by atoms with Crippen LogP contribution in [0.4, 0.5) is 51.2 Å². The largest absolute Gasteiger partial charge is 0.310 e. The van der Waals surface area contributed by atoms with Crippen molar-refractivity contribution in [1.29, 1.82) is 0 Å². The lowest BCUT2D eigenvalue weighted by Crippen LogP contribution is -2.09. The molecule has 10 aromatic carbocycles. The Morgan fingerprint density at radius 1 is 0.320 bits per heavy atom. The summed E-state index contributed by atoms with van der Waals surface area (Å²) in [6.45, 7) is 24.2. The molecule has 0 saturated carbocycles. The van der Waals surface area contributed by atoms with Gasteiger partial charge in [-0.2, -0.15) is 0 Å². The normalized spacial score (nSPS) is 10.9. The number of hydrogen-bond donors (Lipinski definition) is 0. The van der Waals surface area contributed by atoms with E-state index in [0.717, 1.165) is 72.7 Å². The minimum absolute atomic E-state index is 0.366. The van der Waals surface area contributed by atoms with Crippen LogP contribution in [0.15, 0.2) is 255 Å². The molecule has 2 heterocycles. The average molecular weight is 959 g/mol. The molecule has 0 saturated heterocycles. The van der Waals surface area contributed by atoms with E-state index in [1.807, 2.05) is 84.9 Å². The van der Waals surface area contributed by atoms with Gasteiger partial charge in [-0.1, -0.05) is 146 Å². The van der Waals surface area contributed by atoms with E-state index in [1.165, 1.54) is 0 Å². The molecule has 0 spiro atoms. The van der Waals surface area contributed by atoms with Crippen LogP contribution in [0.5, 0.6) is 0 Å². The molecular formula is C67H42N8. The third-order valence-corrected chi connectivity index (χ3v) is 13.4. The summed E-state index contributed by atoms with van der Waals surface area (Å²) in [4.78, 5) is 26.0. The van der Waals surface area contributed by atoms with Gasteiger partial charge < -0.3 is 14.4 Å². The van der Waals surface area contributed by atoms with Crippen LogP contribution in [0.2, 0.25) is 0 Å². The molecule has 8 heteroatoms. The molecule has 0 atom stereocenters. The van der Waals surface area contributed by atoms with Crippen molar-refractivity contribution in [2.45, 2.75) is 0 Å². The molecule has 75 heavy (non-hydrogen) atoms. The molecule has 0 amide bonds. The van der Waals surface area contributed by atoms with Crippen LogP contribution >= 0.6 is 0 Å². The Morgan fingerprint density at radius 3 is 1.24 bits per heavy atom. The Kier molecular flexibility index (Phi) is 11.9.